The van der Waals surface area contributed by atoms with Crippen LogP contribution in [0.5, 0.6) is 0 Å². The van der Waals surface area contributed by atoms with Gasteiger partial charge in [-0.25, -0.2) is 0 Å². The van der Waals surface area contributed by atoms with Crippen LogP contribution in [0.4, 0.5) is 0 Å². The van der Waals surface area contributed by atoms with Gasteiger partial charge >= 0.3 is 0 Å². The Morgan fingerprint density at radius 2 is 1.71 bits per heavy atom. The van der Waals surface area contributed by atoms with Crippen molar-refractivity contribution in [3.8, 4) is 5.69 Å². The van der Waals surface area contributed by atoms with Crippen LogP contribution in [0, 0.1) is 6.92 Å². The van der Waals surface area contributed by atoms with Gasteiger partial charge in [-0.1, -0.05) is 30.3 Å². The van der Waals surface area contributed by atoms with E-state index in [1.54, 1.807) is 0 Å². The summed E-state index contributed by atoms with van der Waals surface area (Å²) in [6.45, 7) is 2.31. The van der Waals surface area contributed by atoms with E-state index in [1.807, 2.05) is 66.4 Å². The van der Waals surface area contributed by atoms with Crippen LogP contribution in [-0.4, -0.2) is 43.8 Å². The quantitative estimate of drug-likeness (QED) is 0.642. The monoisotopic (exact) mass is 415 g/mol. The number of benzene rings is 2. The summed E-state index contributed by atoms with van der Waals surface area (Å²) in [5.41, 5.74) is 3.48. The fourth-order valence-electron chi connectivity index (χ4n) is 3.60. The molecule has 0 saturated heterocycles. The molecule has 3 aromatic rings. The first kappa shape index (κ1) is 19.5. The highest BCUT2D eigenvalue weighted by atomic mass is 16.2. The van der Waals surface area contributed by atoms with Crippen molar-refractivity contribution in [3.63, 3.8) is 0 Å². The van der Waals surface area contributed by atoms with Gasteiger partial charge in [0.05, 0.1) is 11.4 Å². The zero-order chi connectivity index (χ0) is 21.4. The largest absolute Gasteiger partial charge is 0.349 e. The summed E-state index contributed by atoms with van der Waals surface area (Å²) >= 11 is 0. The molecule has 1 heterocycles. The van der Waals surface area contributed by atoms with Gasteiger partial charge in [0, 0.05) is 24.2 Å². The van der Waals surface area contributed by atoms with Crippen LogP contribution >= 0.6 is 0 Å². The minimum atomic E-state index is -0.0993. The Balaban J connectivity index is 1.32. The third-order valence-electron chi connectivity index (χ3n) is 5.70. The van der Waals surface area contributed by atoms with Gasteiger partial charge in [-0.15, -0.1) is 5.10 Å². The van der Waals surface area contributed by atoms with Crippen molar-refractivity contribution in [3.05, 3.63) is 77.1 Å². The van der Waals surface area contributed by atoms with Crippen molar-refractivity contribution in [2.75, 3.05) is 0 Å². The summed E-state index contributed by atoms with van der Waals surface area (Å²) in [5.74, 6) is -0.130. The van der Waals surface area contributed by atoms with E-state index in [4.69, 9.17) is 0 Å². The summed E-state index contributed by atoms with van der Waals surface area (Å²) < 4.78 is 0. The molecule has 2 aliphatic carbocycles. The average Bonchev–Trinajstić information content (AvgIpc) is 3.72. The Labute approximate surface area is 181 Å². The number of carbonyl (C=O) groups is 2. The number of hydrogen-bond donors (Lipinski definition) is 1. The van der Waals surface area contributed by atoms with Crippen LogP contribution in [0.2, 0.25) is 0 Å². The van der Waals surface area contributed by atoms with Gasteiger partial charge in [-0.2, -0.15) is 9.90 Å². The molecule has 2 amide bonds. The first-order valence-corrected chi connectivity index (χ1v) is 10.8. The van der Waals surface area contributed by atoms with Gasteiger partial charge in [0.15, 0.2) is 5.69 Å². The molecule has 0 radical (unpaired) electrons. The maximum atomic E-state index is 13.3. The normalized spacial score (nSPS) is 15.5. The van der Waals surface area contributed by atoms with Crippen LogP contribution in [0.1, 0.15) is 57.8 Å². The zero-order valence-electron chi connectivity index (χ0n) is 17.5. The highest BCUT2D eigenvalue weighted by Gasteiger charge is 2.35. The lowest BCUT2D eigenvalue weighted by atomic mass is 10.1. The van der Waals surface area contributed by atoms with Gasteiger partial charge in [-0.05, 0) is 62.4 Å². The van der Waals surface area contributed by atoms with Crippen LogP contribution in [0.25, 0.3) is 5.69 Å². The molecule has 2 aromatic carbocycles. The maximum absolute atomic E-state index is 13.3. The number of aryl methyl sites for hydroxylation is 1. The third-order valence-corrected chi connectivity index (χ3v) is 5.70. The van der Waals surface area contributed by atoms with Crippen molar-refractivity contribution in [2.45, 2.75) is 51.2 Å². The van der Waals surface area contributed by atoms with Crippen molar-refractivity contribution < 1.29 is 9.59 Å². The van der Waals surface area contributed by atoms with E-state index in [0.29, 0.717) is 29.5 Å². The molecule has 0 spiro atoms. The fraction of sp³-hybridized carbons (Fsp3) is 0.333. The molecule has 7 heteroatoms. The summed E-state index contributed by atoms with van der Waals surface area (Å²) in [6.07, 6.45) is 4.13. The lowest BCUT2D eigenvalue weighted by molar-refractivity contribution is 0.0722. The number of aromatic nitrogens is 3. The molecular weight excluding hydrogens is 390 g/mol. The van der Waals surface area contributed by atoms with Crippen LogP contribution < -0.4 is 5.32 Å². The van der Waals surface area contributed by atoms with E-state index in [2.05, 4.69) is 15.5 Å². The Bertz CT molecular complexity index is 1100. The van der Waals surface area contributed by atoms with E-state index < -0.39 is 0 Å². The highest BCUT2D eigenvalue weighted by molar-refractivity contribution is 5.95. The number of rotatable bonds is 7. The van der Waals surface area contributed by atoms with Crippen molar-refractivity contribution in [1.29, 1.82) is 0 Å². The molecule has 5 rings (SSSR count). The van der Waals surface area contributed by atoms with E-state index >= 15 is 0 Å². The molecule has 158 valence electrons. The Morgan fingerprint density at radius 1 is 1.00 bits per heavy atom. The molecule has 7 nitrogen and oxygen atoms in total. The number of para-hydroxylation sites is 1. The summed E-state index contributed by atoms with van der Waals surface area (Å²) in [4.78, 5) is 28.9. The second-order valence-corrected chi connectivity index (χ2v) is 8.37. The van der Waals surface area contributed by atoms with Gasteiger partial charge in [-0.3, -0.25) is 9.59 Å². The van der Waals surface area contributed by atoms with Crippen molar-refractivity contribution >= 4 is 11.8 Å². The number of nitrogens with zero attached hydrogens (tertiary/aromatic N) is 4. The van der Waals surface area contributed by atoms with Crippen molar-refractivity contribution in [2.24, 2.45) is 0 Å². The second-order valence-electron chi connectivity index (χ2n) is 8.37. The molecule has 2 saturated carbocycles. The minimum absolute atomic E-state index is 0.0303. The Morgan fingerprint density at radius 3 is 2.35 bits per heavy atom. The number of hydrogen-bond acceptors (Lipinski definition) is 4. The predicted octanol–water partition coefficient (Wildman–Crippen LogP) is 3.27. The molecule has 2 aliphatic rings. The topological polar surface area (TPSA) is 80.1 Å². The second kappa shape index (κ2) is 7.98. The van der Waals surface area contributed by atoms with Gasteiger partial charge in [0.1, 0.15) is 0 Å². The SMILES string of the molecule is Cc1nn(-c2ccccc2)nc1C(=O)N(Cc1ccc(C(=O)NC2CC2)cc1)C1CC1. The highest BCUT2D eigenvalue weighted by Crippen LogP contribution is 2.30. The maximum Gasteiger partial charge on any atom is 0.276 e. The summed E-state index contributed by atoms with van der Waals surface area (Å²) in [5, 5.41) is 11.9. The third kappa shape index (κ3) is 4.35. The van der Waals surface area contributed by atoms with Crippen LogP contribution in [0.3, 0.4) is 0 Å². The number of carbonyl (C=O) groups excluding carboxylic acids is 2. The standard InChI is InChI=1S/C24H25N5O2/c1-16-22(27-29(26-16)21-5-3-2-4-6-21)24(31)28(20-13-14-20)15-17-7-9-18(10-8-17)23(30)25-19-11-12-19/h2-10,19-20H,11-15H2,1H3,(H,25,30). The van der Waals surface area contributed by atoms with E-state index in [9.17, 15) is 9.59 Å². The number of nitrogens with one attached hydrogen (secondary N) is 1. The Kier molecular flexibility index (Phi) is 5.02. The summed E-state index contributed by atoms with van der Waals surface area (Å²) in [7, 11) is 0. The van der Waals surface area contributed by atoms with Gasteiger partial charge < -0.3 is 10.2 Å². The van der Waals surface area contributed by atoms with Crippen LogP contribution in [0.15, 0.2) is 54.6 Å². The van der Waals surface area contributed by atoms with Gasteiger partial charge in [0.25, 0.3) is 11.8 Å². The number of amides is 2. The zero-order valence-corrected chi connectivity index (χ0v) is 17.5. The average molecular weight is 415 g/mol. The molecular formula is C24H25N5O2. The van der Waals surface area contributed by atoms with Gasteiger partial charge in [0.2, 0.25) is 0 Å². The Hall–Kier alpha value is -3.48. The lowest BCUT2D eigenvalue weighted by Crippen LogP contribution is -2.33. The molecule has 0 aliphatic heterocycles. The molecule has 2 fully saturated rings. The minimum Gasteiger partial charge on any atom is -0.349 e. The molecule has 0 unspecified atom stereocenters. The van der Waals surface area contributed by atoms with E-state index in [1.165, 1.54) is 4.80 Å². The first-order chi connectivity index (χ1) is 15.1. The van der Waals surface area contributed by atoms with E-state index in [-0.39, 0.29) is 17.9 Å². The van der Waals surface area contributed by atoms with E-state index in [0.717, 1.165) is 36.9 Å². The molecule has 1 aromatic heterocycles. The molecule has 0 atom stereocenters. The smallest absolute Gasteiger partial charge is 0.276 e. The predicted molar refractivity (Wildman–Crippen MR) is 116 cm³/mol. The first-order valence-electron chi connectivity index (χ1n) is 10.8. The fourth-order valence-corrected chi connectivity index (χ4v) is 3.60. The molecule has 0 bridgehead atoms. The van der Waals surface area contributed by atoms with Crippen molar-refractivity contribution in [1.82, 2.24) is 25.2 Å². The van der Waals surface area contributed by atoms with Crippen LogP contribution in [-0.2, 0) is 6.54 Å². The summed E-state index contributed by atoms with van der Waals surface area (Å²) in [6, 6.07) is 17.7. The lowest BCUT2D eigenvalue weighted by Gasteiger charge is -2.22. The molecule has 31 heavy (non-hydrogen) atoms. The molecule has 1 N–H and O–H groups in total.